The van der Waals surface area contributed by atoms with Crippen LogP contribution in [0.5, 0.6) is 0 Å². The summed E-state index contributed by atoms with van der Waals surface area (Å²) in [5.74, 6) is 1.70. The normalized spacial score (nSPS) is 13.5. The van der Waals surface area contributed by atoms with Crippen molar-refractivity contribution in [2.75, 3.05) is 0 Å². The summed E-state index contributed by atoms with van der Waals surface area (Å²) >= 11 is 0. The van der Waals surface area contributed by atoms with Crippen LogP contribution in [0.3, 0.4) is 0 Å². The third-order valence-electron chi connectivity index (χ3n) is 16.0. The van der Waals surface area contributed by atoms with Crippen molar-refractivity contribution in [3.63, 3.8) is 0 Å². The van der Waals surface area contributed by atoms with E-state index in [0.29, 0.717) is 17.7 Å². The zero-order chi connectivity index (χ0) is 50.2. The summed E-state index contributed by atoms with van der Waals surface area (Å²) in [6.07, 6.45) is 0. The highest BCUT2D eigenvalue weighted by atomic mass is 28.3. The summed E-state index contributed by atoms with van der Waals surface area (Å²) in [4.78, 5) is 16.6. The molecule has 15 rings (SSSR count). The molecular formula is C69H47N5Si2. The molecule has 356 valence electrons. The van der Waals surface area contributed by atoms with E-state index in [9.17, 15) is 0 Å². The van der Waals surface area contributed by atoms with Crippen LogP contribution in [0.25, 0.3) is 78.0 Å². The molecule has 0 fully saturated rings. The van der Waals surface area contributed by atoms with Crippen molar-refractivity contribution in [3.05, 3.63) is 285 Å². The topological polar surface area (TPSA) is 48.5 Å². The van der Waals surface area contributed by atoms with Gasteiger partial charge in [-0.3, -0.25) is 9.13 Å². The quantitative estimate of drug-likeness (QED) is 0.143. The number of rotatable bonds is 8. The Labute approximate surface area is 442 Å². The first kappa shape index (κ1) is 44.0. The largest absolute Gasteiger partial charge is 0.278 e. The molecule has 0 saturated heterocycles. The molecule has 5 nitrogen and oxygen atoms in total. The van der Waals surface area contributed by atoms with Gasteiger partial charge < -0.3 is 0 Å². The van der Waals surface area contributed by atoms with Gasteiger partial charge in [0.1, 0.15) is 0 Å². The molecule has 0 bridgehead atoms. The molecule has 14 aromatic rings. The van der Waals surface area contributed by atoms with Crippen molar-refractivity contribution in [3.8, 4) is 34.4 Å². The maximum absolute atomic E-state index is 5.61. The SMILES string of the molecule is c1ccc(-c2ccc(-c3nc(-n4c5ccccc5c5ccccc54)nc(-n4c5ccccc5c5ccc([Si]6(c7ccccc7)c7ccccc7[Si](c7ccccc7)(c7ccccc7)c7ccccc76)cc54)n3)cc2)cc1. The first-order valence-corrected chi connectivity index (χ1v) is 30.0. The standard InChI is InChI=1S/C69H47N5Si2/c1-5-23-48(24-6-1)49-41-43-50(44-42-49)67-70-68(73-59-34-16-13-31-55(59)56-32-14-17-35-60(56)73)72-69(71-67)74-61-36-18-15-33-57(61)58-46-45-54(47-62(58)74)76(53-29-11-4-12-30-53)65-39-21-19-37-63(65)75(51-25-7-2-8-26-51,52-27-9-3-10-28-52)64-38-20-22-40-66(64)76/h1-47H. The minimum atomic E-state index is -3.17. The van der Waals surface area contributed by atoms with E-state index in [2.05, 4.69) is 294 Å². The number of hydrogen-bond donors (Lipinski definition) is 0. The Bertz CT molecular complexity index is 4370. The van der Waals surface area contributed by atoms with Gasteiger partial charge in [-0.15, -0.1) is 0 Å². The fourth-order valence-corrected chi connectivity index (χ4v) is 25.0. The Morgan fingerprint density at radius 3 is 1.01 bits per heavy atom. The highest BCUT2D eigenvalue weighted by Gasteiger charge is 2.56. The highest BCUT2D eigenvalue weighted by molar-refractivity contribution is 7.33. The molecule has 4 heterocycles. The van der Waals surface area contributed by atoms with Gasteiger partial charge in [-0.1, -0.05) is 261 Å². The maximum atomic E-state index is 5.61. The number of benzene rings is 11. The molecule has 7 heteroatoms. The molecule has 0 spiro atoms. The molecule has 0 saturated carbocycles. The van der Waals surface area contributed by atoms with Crippen molar-refractivity contribution in [2.45, 2.75) is 0 Å². The van der Waals surface area contributed by atoms with Crippen molar-refractivity contribution in [1.29, 1.82) is 0 Å². The van der Waals surface area contributed by atoms with E-state index >= 15 is 0 Å². The van der Waals surface area contributed by atoms with Crippen LogP contribution in [0.1, 0.15) is 0 Å². The number of fused-ring (bicyclic) bond motifs is 8. The Balaban J connectivity index is 1.03. The van der Waals surface area contributed by atoms with E-state index in [0.717, 1.165) is 60.3 Å². The fourth-order valence-electron chi connectivity index (χ4n) is 12.9. The monoisotopic (exact) mass is 1000 g/mol. The van der Waals surface area contributed by atoms with Crippen molar-refractivity contribution in [1.82, 2.24) is 24.1 Å². The molecule has 0 radical (unpaired) electrons. The maximum Gasteiger partial charge on any atom is 0.240 e. The number of aromatic nitrogens is 5. The number of nitrogens with zero attached hydrogens (tertiary/aromatic N) is 5. The van der Waals surface area contributed by atoms with Crippen molar-refractivity contribution in [2.24, 2.45) is 0 Å². The van der Waals surface area contributed by atoms with E-state index in [1.165, 1.54) is 41.5 Å². The first-order valence-electron chi connectivity index (χ1n) is 26.0. The smallest absolute Gasteiger partial charge is 0.240 e. The summed E-state index contributed by atoms with van der Waals surface area (Å²) in [7, 11) is -6.08. The Morgan fingerprint density at radius 1 is 0.237 bits per heavy atom. The van der Waals surface area contributed by atoms with Crippen LogP contribution in [-0.4, -0.2) is 40.2 Å². The molecule has 0 atom stereocenters. The summed E-state index contributed by atoms with van der Waals surface area (Å²) in [6, 6.07) is 105. The molecule has 0 amide bonds. The predicted octanol–water partition coefficient (Wildman–Crippen LogP) is 10.5. The van der Waals surface area contributed by atoms with E-state index in [1.54, 1.807) is 0 Å². The van der Waals surface area contributed by atoms with E-state index < -0.39 is 16.1 Å². The molecule has 0 aliphatic carbocycles. The van der Waals surface area contributed by atoms with Crippen LogP contribution in [0, 0.1) is 0 Å². The zero-order valence-corrected chi connectivity index (χ0v) is 43.4. The second kappa shape index (κ2) is 17.6. The van der Waals surface area contributed by atoms with Gasteiger partial charge in [0.25, 0.3) is 0 Å². The summed E-state index contributed by atoms with van der Waals surface area (Å²) in [5, 5.41) is 15.7. The third-order valence-corrected chi connectivity index (χ3v) is 26.3. The third kappa shape index (κ3) is 6.46. The lowest BCUT2D eigenvalue weighted by molar-refractivity contribution is 0.893. The fraction of sp³-hybridized carbons (Fsp3) is 0. The molecule has 3 aromatic heterocycles. The Kier molecular flexibility index (Phi) is 10.2. The van der Waals surface area contributed by atoms with Crippen LogP contribution in [0.15, 0.2) is 285 Å². The summed E-state index contributed by atoms with van der Waals surface area (Å²) in [5.41, 5.74) is 7.33. The van der Waals surface area contributed by atoms with Crippen LogP contribution in [0.2, 0.25) is 0 Å². The molecule has 0 N–H and O–H groups in total. The van der Waals surface area contributed by atoms with E-state index in [-0.39, 0.29) is 0 Å². The highest BCUT2D eigenvalue weighted by Crippen LogP contribution is 2.35. The lowest BCUT2D eigenvalue weighted by Crippen LogP contribution is -2.93. The van der Waals surface area contributed by atoms with Gasteiger partial charge in [-0.25, -0.2) is 0 Å². The molecule has 1 aliphatic heterocycles. The van der Waals surface area contributed by atoms with Gasteiger partial charge in [0.15, 0.2) is 22.0 Å². The number of para-hydroxylation sites is 3. The molecule has 76 heavy (non-hydrogen) atoms. The molecule has 11 aromatic carbocycles. The lowest BCUT2D eigenvalue weighted by Gasteiger charge is -2.48. The lowest BCUT2D eigenvalue weighted by atomic mass is 10.0. The van der Waals surface area contributed by atoms with Gasteiger partial charge in [0.2, 0.25) is 11.9 Å². The van der Waals surface area contributed by atoms with Gasteiger partial charge >= 0.3 is 0 Å². The summed E-state index contributed by atoms with van der Waals surface area (Å²) < 4.78 is 4.51. The molecule has 1 aliphatic rings. The minimum absolute atomic E-state index is 0.553. The van der Waals surface area contributed by atoms with Crippen LogP contribution < -0.4 is 41.5 Å². The second-order valence-corrected chi connectivity index (χ2v) is 27.3. The second-order valence-electron chi connectivity index (χ2n) is 19.8. The van der Waals surface area contributed by atoms with Crippen molar-refractivity contribution < 1.29 is 0 Å². The minimum Gasteiger partial charge on any atom is -0.278 e. The van der Waals surface area contributed by atoms with Crippen LogP contribution >= 0.6 is 0 Å². The average Bonchev–Trinajstić information content (AvgIpc) is 4.04. The first-order chi connectivity index (χ1) is 37.7. The van der Waals surface area contributed by atoms with E-state index in [1.807, 2.05) is 0 Å². The Morgan fingerprint density at radius 2 is 0.566 bits per heavy atom. The van der Waals surface area contributed by atoms with Gasteiger partial charge in [0, 0.05) is 27.1 Å². The molecule has 0 unspecified atom stereocenters. The Hall–Kier alpha value is -9.54. The van der Waals surface area contributed by atoms with E-state index in [4.69, 9.17) is 15.0 Å². The van der Waals surface area contributed by atoms with Crippen LogP contribution in [0.4, 0.5) is 0 Å². The number of hydrogen-bond acceptors (Lipinski definition) is 3. The predicted molar refractivity (Wildman–Crippen MR) is 320 cm³/mol. The molecular weight excluding hydrogens is 955 g/mol. The average molecular weight is 1000 g/mol. The van der Waals surface area contributed by atoms with Crippen molar-refractivity contribution >= 4 is 101 Å². The summed E-state index contributed by atoms with van der Waals surface area (Å²) in [6.45, 7) is 0. The van der Waals surface area contributed by atoms with Gasteiger partial charge in [0.05, 0.1) is 22.1 Å². The zero-order valence-electron chi connectivity index (χ0n) is 41.4. The van der Waals surface area contributed by atoms with Gasteiger partial charge in [-0.05, 0) is 76.9 Å². The van der Waals surface area contributed by atoms with Crippen LogP contribution in [-0.2, 0) is 0 Å². The van der Waals surface area contributed by atoms with Gasteiger partial charge in [-0.2, -0.15) is 15.0 Å².